The predicted octanol–water partition coefficient (Wildman–Crippen LogP) is 5.45. The van der Waals surface area contributed by atoms with E-state index in [2.05, 4.69) is 16.0 Å². The van der Waals surface area contributed by atoms with Crippen molar-refractivity contribution < 1.29 is 35.9 Å². The van der Waals surface area contributed by atoms with E-state index in [1.165, 1.54) is 0 Å². The van der Waals surface area contributed by atoms with Gasteiger partial charge in [0.05, 0.1) is 16.5 Å². The van der Waals surface area contributed by atoms with Crippen molar-refractivity contribution in [2.24, 2.45) is 5.92 Å². The number of alkyl halides is 6. The summed E-state index contributed by atoms with van der Waals surface area (Å²) in [5.74, 6) is -0.994. The van der Waals surface area contributed by atoms with Crippen LogP contribution in [0.3, 0.4) is 0 Å². The Morgan fingerprint density at radius 2 is 1.41 bits per heavy atom. The fourth-order valence-corrected chi connectivity index (χ4v) is 5.52. The fourth-order valence-electron chi connectivity index (χ4n) is 5.52. The lowest BCUT2D eigenvalue weighted by atomic mass is 9.72. The largest absolute Gasteiger partial charge is 0.416 e. The molecule has 1 saturated heterocycles. The average molecular weight is 556 g/mol. The van der Waals surface area contributed by atoms with Crippen LogP contribution in [-0.2, 0) is 22.6 Å². The molecule has 0 radical (unpaired) electrons. The second-order valence-electron chi connectivity index (χ2n) is 10.4. The van der Waals surface area contributed by atoms with Crippen molar-refractivity contribution in [1.82, 2.24) is 16.0 Å². The molecule has 5 nitrogen and oxygen atoms in total. The SMILES string of the molecule is O=C(NCC1CCC(NC(=O)C2(c3ccccc3)CCNCC2)CC1)c1cc(C(F)(F)F)cc(C(F)(F)F)c1. The van der Waals surface area contributed by atoms with Gasteiger partial charge < -0.3 is 16.0 Å². The van der Waals surface area contributed by atoms with Gasteiger partial charge in [-0.3, -0.25) is 9.59 Å². The number of amides is 2. The number of benzene rings is 2. The number of hydrogen-bond donors (Lipinski definition) is 3. The fraction of sp³-hybridized carbons (Fsp3) is 0.500. The van der Waals surface area contributed by atoms with Crippen molar-refractivity contribution >= 4 is 11.8 Å². The quantitative estimate of drug-likeness (QED) is 0.416. The molecule has 0 bridgehead atoms. The Labute approximate surface area is 222 Å². The molecule has 2 aromatic rings. The summed E-state index contributed by atoms with van der Waals surface area (Å²) in [5.41, 5.74) is -3.35. The zero-order valence-corrected chi connectivity index (χ0v) is 21.2. The second kappa shape index (κ2) is 11.6. The highest BCUT2D eigenvalue weighted by Gasteiger charge is 2.42. The minimum atomic E-state index is -5.02. The molecule has 2 fully saturated rings. The van der Waals surface area contributed by atoms with Crippen LogP contribution in [-0.4, -0.2) is 37.5 Å². The standard InChI is InChI=1S/C28H31F6N3O2/c29-27(30,31)21-14-19(15-22(16-21)28(32,33)34)24(38)36-17-18-6-8-23(9-7-18)37-25(39)26(10-12-35-13-11-26)20-4-2-1-3-5-20/h1-5,14-16,18,23,35H,6-13,17H2,(H,36,38)(H,37,39). The van der Waals surface area contributed by atoms with E-state index in [0.29, 0.717) is 50.7 Å². The molecule has 212 valence electrons. The first kappa shape index (κ1) is 28.9. The van der Waals surface area contributed by atoms with Crippen molar-refractivity contribution in [2.45, 2.75) is 62.3 Å². The Morgan fingerprint density at radius 1 is 0.846 bits per heavy atom. The van der Waals surface area contributed by atoms with Crippen LogP contribution in [0.4, 0.5) is 26.3 Å². The van der Waals surface area contributed by atoms with E-state index in [4.69, 9.17) is 0 Å². The normalized spacial score (nSPS) is 21.7. The Hall–Kier alpha value is -3.08. The third-order valence-electron chi connectivity index (χ3n) is 7.80. The number of nitrogens with one attached hydrogen (secondary N) is 3. The Kier molecular flexibility index (Phi) is 8.58. The minimum absolute atomic E-state index is 0.00188. The van der Waals surface area contributed by atoms with Crippen LogP contribution in [0.1, 0.15) is 65.6 Å². The Morgan fingerprint density at radius 3 is 1.95 bits per heavy atom. The van der Waals surface area contributed by atoms with Crippen molar-refractivity contribution in [3.8, 4) is 0 Å². The molecule has 1 aliphatic heterocycles. The molecular weight excluding hydrogens is 524 g/mol. The summed E-state index contributed by atoms with van der Waals surface area (Å²) >= 11 is 0. The zero-order chi connectivity index (χ0) is 28.3. The van der Waals surface area contributed by atoms with E-state index in [1.54, 1.807) is 0 Å². The first-order valence-electron chi connectivity index (χ1n) is 13.0. The smallest absolute Gasteiger partial charge is 0.353 e. The molecule has 0 atom stereocenters. The molecule has 0 aromatic heterocycles. The van der Waals surface area contributed by atoms with Gasteiger partial charge in [0, 0.05) is 18.2 Å². The van der Waals surface area contributed by atoms with Crippen LogP contribution in [0.5, 0.6) is 0 Å². The van der Waals surface area contributed by atoms with Gasteiger partial charge in [-0.1, -0.05) is 30.3 Å². The number of carbonyl (C=O) groups is 2. The summed E-state index contributed by atoms with van der Waals surface area (Å²) in [6.45, 7) is 1.60. The molecule has 0 spiro atoms. The highest BCUT2D eigenvalue weighted by molar-refractivity contribution is 5.94. The van der Waals surface area contributed by atoms with Crippen molar-refractivity contribution in [3.05, 3.63) is 70.8 Å². The third kappa shape index (κ3) is 6.93. The molecule has 2 amide bonds. The van der Waals surface area contributed by atoms with Gasteiger partial charge in [-0.2, -0.15) is 26.3 Å². The molecule has 4 rings (SSSR count). The number of rotatable bonds is 6. The van der Waals surface area contributed by atoms with Crippen LogP contribution >= 0.6 is 0 Å². The van der Waals surface area contributed by atoms with E-state index in [-0.39, 0.29) is 30.5 Å². The topological polar surface area (TPSA) is 70.2 Å². The summed E-state index contributed by atoms with van der Waals surface area (Å²) in [5, 5.41) is 9.01. The zero-order valence-electron chi connectivity index (χ0n) is 21.2. The molecule has 39 heavy (non-hydrogen) atoms. The monoisotopic (exact) mass is 555 g/mol. The summed E-state index contributed by atoms with van der Waals surface area (Å²) < 4.78 is 78.7. The minimum Gasteiger partial charge on any atom is -0.353 e. The molecule has 11 heteroatoms. The maximum atomic E-state index is 13.5. The third-order valence-corrected chi connectivity index (χ3v) is 7.80. The van der Waals surface area contributed by atoms with Crippen molar-refractivity contribution in [3.63, 3.8) is 0 Å². The van der Waals surface area contributed by atoms with Crippen LogP contribution in [0, 0.1) is 5.92 Å². The lowest BCUT2D eigenvalue weighted by Crippen LogP contribution is -2.53. The highest BCUT2D eigenvalue weighted by Crippen LogP contribution is 2.37. The molecule has 1 saturated carbocycles. The van der Waals surface area contributed by atoms with Gasteiger partial charge in [-0.25, -0.2) is 0 Å². The van der Waals surface area contributed by atoms with E-state index < -0.39 is 40.4 Å². The van der Waals surface area contributed by atoms with Gasteiger partial charge in [0.15, 0.2) is 0 Å². The molecule has 1 aliphatic carbocycles. The first-order chi connectivity index (χ1) is 18.4. The van der Waals surface area contributed by atoms with Gasteiger partial charge in [-0.15, -0.1) is 0 Å². The predicted molar refractivity (Wildman–Crippen MR) is 133 cm³/mol. The maximum absolute atomic E-state index is 13.5. The number of hydrogen-bond acceptors (Lipinski definition) is 3. The highest BCUT2D eigenvalue weighted by atomic mass is 19.4. The van der Waals surface area contributed by atoms with Crippen LogP contribution in [0.15, 0.2) is 48.5 Å². The molecule has 1 heterocycles. The van der Waals surface area contributed by atoms with Crippen LogP contribution in [0.25, 0.3) is 0 Å². The Balaban J connectivity index is 1.33. The number of piperidine rings is 1. The van der Waals surface area contributed by atoms with E-state index in [1.807, 2.05) is 30.3 Å². The van der Waals surface area contributed by atoms with E-state index >= 15 is 0 Å². The summed E-state index contributed by atoms with van der Waals surface area (Å²) in [4.78, 5) is 26.0. The van der Waals surface area contributed by atoms with Crippen molar-refractivity contribution in [2.75, 3.05) is 19.6 Å². The molecule has 2 aliphatic rings. The maximum Gasteiger partial charge on any atom is 0.416 e. The van der Waals surface area contributed by atoms with Crippen LogP contribution in [0.2, 0.25) is 0 Å². The summed E-state index contributed by atoms with van der Waals surface area (Å²) in [6, 6.07) is 10.5. The molecule has 0 unspecified atom stereocenters. The lowest BCUT2D eigenvalue weighted by molar-refractivity contribution is -0.143. The summed E-state index contributed by atoms with van der Waals surface area (Å²) in [7, 11) is 0. The number of carbonyl (C=O) groups excluding carboxylic acids is 2. The Bertz CT molecular complexity index is 1120. The first-order valence-corrected chi connectivity index (χ1v) is 13.0. The average Bonchev–Trinajstić information content (AvgIpc) is 2.92. The molecular formula is C28H31F6N3O2. The lowest BCUT2D eigenvalue weighted by Gasteiger charge is -2.39. The molecule has 2 aromatic carbocycles. The second-order valence-corrected chi connectivity index (χ2v) is 10.4. The van der Waals surface area contributed by atoms with Gasteiger partial charge in [0.25, 0.3) is 5.91 Å². The van der Waals surface area contributed by atoms with Crippen molar-refractivity contribution in [1.29, 1.82) is 0 Å². The van der Waals surface area contributed by atoms with Gasteiger partial charge >= 0.3 is 12.4 Å². The van der Waals surface area contributed by atoms with E-state index in [0.717, 1.165) is 18.7 Å². The van der Waals surface area contributed by atoms with Crippen LogP contribution < -0.4 is 16.0 Å². The number of halogens is 6. The van der Waals surface area contributed by atoms with Gasteiger partial charge in [0.1, 0.15) is 0 Å². The van der Waals surface area contributed by atoms with E-state index in [9.17, 15) is 35.9 Å². The summed E-state index contributed by atoms with van der Waals surface area (Å²) in [6.07, 6.45) is -6.03. The molecule has 3 N–H and O–H groups in total. The van der Waals surface area contributed by atoms with Gasteiger partial charge in [-0.05, 0) is 81.3 Å². The van der Waals surface area contributed by atoms with Gasteiger partial charge in [0.2, 0.25) is 5.91 Å².